The molecule has 0 atom stereocenters. The highest BCUT2D eigenvalue weighted by Crippen LogP contribution is 2.10. The maximum atomic E-state index is 9.02. The highest BCUT2D eigenvalue weighted by Gasteiger charge is 2.09. The Morgan fingerprint density at radius 3 is 2.33 bits per heavy atom. The number of nitrogens with zero attached hydrogens (tertiary/aromatic N) is 1. The van der Waals surface area contributed by atoms with Gasteiger partial charge in [0, 0.05) is 11.9 Å². The number of aliphatic hydroxyl groups is 1. The smallest absolute Gasteiger partial charge is 0.0816 e. The van der Waals surface area contributed by atoms with E-state index in [-0.39, 0.29) is 6.61 Å². The fourth-order valence-electron chi connectivity index (χ4n) is 1.21. The van der Waals surface area contributed by atoms with E-state index in [9.17, 15) is 0 Å². The maximum Gasteiger partial charge on any atom is 0.0816 e. The Balaban J connectivity index is 4.29. The monoisotopic (exact) mass is 169 g/mol. The van der Waals surface area contributed by atoms with Crippen LogP contribution in [-0.4, -0.2) is 17.4 Å². The molecule has 0 heterocycles. The lowest BCUT2D eigenvalue weighted by Crippen LogP contribution is -2.16. The zero-order chi connectivity index (χ0) is 9.40. The summed E-state index contributed by atoms with van der Waals surface area (Å²) in [4.78, 5) is 4.19. The average molecular weight is 169 g/mol. The van der Waals surface area contributed by atoms with Crippen LogP contribution in [0.4, 0.5) is 0 Å². The second kappa shape index (κ2) is 7.04. The summed E-state index contributed by atoms with van der Waals surface area (Å²) in [6.45, 7) is 6.24. The highest BCUT2D eigenvalue weighted by molar-refractivity contribution is 5.88. The lowest BCUT2D eigenvalue weighted by Gasteiger charge is -2.12. The molecule has 0 aromatic carbocycles. The molecule has 0 saturated heterocycles. The molecule has 0 spiro atoms. The van der Waals surface area contributed by atoms with E-state index in [2.05, 4.69) is 18.8 Å². The molecule has 0 aliphatic rings. The fraction of sp³-hybridized carbons (Fsp3) is 0.700. The van der Waals surface area contributed by atoms with Crippen LogP contribution in [0.2, 0.25) is 0 Å². The van der Waals surface area contributed by atoms with Gasteiger partial charge in [0.1, 0.15) is 0 Å². The molecule has 0 bridgehead atoms. The first-order valence-electron chi connectivity index (χ1n) is 4.58. The molecule has 2 heteroatoms. The van der Waals surface area contributed by atoms with E-state index in [0.29, 0.717) is 5.92 Å². The van der Waals surface area contributed by atoms with Crippen molar-refractivity contribution in [3.05, 3.63) is 12.3 Å². The molecule has 0 radical (unpaired) electrons. The zero-order valence-electron chi connectivity index (χ0n) is 8.25. The minimum Gasteiger partial charge on any atom is -0.390 e. The number of rotatable bonds is 5. The van der Waals surface area contributed by atoms with Gasteiger partial charge in [0.05, 0.1) is 6.61 Å². The summed E-state index contributed by atoms with van der Waals surface area (Å²) in [5, 5.41) is 9.02. The topological polar surface area (TPSA) is 32.6 Å². The summed E-state index contributed by atoms with van der Waals surface area (Å²) in [6, 6.07) is 0. The molecule has 1 N–H and O–H groups in total. The molecule has 0 saturated carbocycles. The quantitative estimate of drug-likeness (QED) is 0.630. The van der Waals surface area contributed by atoms with Crippen molar-refractivity contribution in [2.75, 3.05) is 6.61 Å². The Morgan fingerprint density at radius 1 is 1.42 bits per heavy atom. The molecule has 0 unspecified atom stereocenters. The van der Waals surface area contributed by atoms with Crippen LogP contribution in [-0.2, 0) is 0 Å². The minimum atomic E-state index is 0.0800. The van der Waals surface area contributed by atoms with Gasteiger partial charge >= 0.3 is 0 Å². The second-order valence-electron chi connectivity index (χ2n) is 2.77. The van der Waals surface area contributed by atoms with Crippen LogP contribution in [0.25, 0.3) is 0 Å². The molecule has 0 aromatic heterocycles. The minimum absolute atomic E-state index is 0.0800. The van der Waals surface area contributed by atoms with Crippen LogP contribution >= 0.6 is 0 Å². The van der Waals surface area contributed by atoms with Crippen LogP contribution in [0.3, 0.4) is 0 Å². The van der Waals surface area contributed by atoms with Gasteiger partial charge in [-0.15, -0.1) is 0 Å². The molecule has 12 heavy (non-hydrogen) atoms. The van der Waals surface area contributed by atoms with Crippen molar-refractivity contribution in [3.63, 3.8) is 0 Å². The van der Waals surface area contributed by atoms with Gasteiger partial charge in [0.2, 0.25) is 0 Å². The first-order chi connectivity index (χ1) is 5.79. The van der Waals surface area contributed by atoms with Gasteiger partial charge in [-0.3, -0.25) is 4.99 Å². The standard InChI is InChI=1S/C10H19NO/c1-4-7-11-10(8-12)9(5-2)6-3/h4,7,9,12H,5-6,8H2,1-3H3/b7-4-,11-10?. The Bertz CT molecular complexity index is 157. The van der Waals surface area contributed by atoms with Crippen molar-refractivity contribution in [1.29, 1.82) is 0 Å². The SMILES string of the molecule is C/C=C\N=C(CO)C(CC)CC. The highest BCUT2D eigenvalue weighted by atomic mass is 16.3. The predicted molar refractivity (Wildman–Crippen MR) is 53.4 cm³/mol. The lowest BCUT2D eigenvalue weighted by atomic mass is 9.98. The summed E-state index contributed by atoms with van der Waals surface area (Å²) >= 11 is 0. The third-order valence-corrected chi connectivity index (χ3v) is 2.01. The molecule has 0 amide bonds. The van der Waals surface area contributed by atoms with Gasteiger partial charge in [0.15, 0.2) is 0 Å². The molecule has 70 valence electrons. The fourth-order valence-corrected chi connectivity index (χ4v) is 1.21. The third kappa shape index (κ3) is 3.67. The van der Waals surface area contributed by atoms with Gasteiger partial charge in [-0.1, -0.05) is 19.9 Å². The van der Waals surface area contributed by atoms with Crippen LogP contribution in [0.15, 0.2) is 17.3 Å². The van der Waals surface area contributed by atoms with Gasteiger partial charge in [-0.05, 0) is 25.7 Å². The summed E-state index contributed by atoms with van der Waals surface area (Å²) < 4.78 is 0. The second-order valence-corrected chi connectivity index (χ2v) is 2.77. The Morgan fingerprint density at radius 2 is 2.00 bits per heavy atom. The summed E-state index contributed by atoms with van der Waals surface area (Å²) in [7, 11) is 0. The van der Waals surface area contributed by atoms with E-state index in [0.717, 1.165) is 18.6 Å². The first kappa shape index (κ1) is 11.4. The molecule has 0 aromatic rings. The van der Waals surface area contributed by atoms with Crippen molar-refractivity contribution >= 4 is 5.71 Å². The summed E-state index contributed by atoms with van der Waals surface area (Å²) in [5.41, 5.74) is 0.901. The van der Waals surface area contributed by atoms with E-state index in [1.165, 1.54) is 0 Å². The maximum absolute atomic E-state index is 9.02. The van der Waals surface area contributed by atoms with Crippen molar-refractivity contribution in [3.8, 4) is 0 Å². The van der Waals surface area contributed by atoms with E-state index < -0.39 is 0 Å². The van der Waals surface area contributed by atoms with Gasteiger partial charge in [-0.2, -0.15) is 0 Å². The Kier molecular flexibility index (Phi) is 6.67. The normalized spacial score (nSPS) is 13.2. The number of allylic oxidation sites excluding steroid dienone is 1. The Labute approximate surface area is 75.0 Å². The number of hydrogen-bond donors (Lipinski definition) is 1. The van der Waals surface area contributed by atoms with Crippen LogP contribution < -0.4 is 0 Å². The van der Waals surface area contributed by atoms with E-state index in [4.69, 9.17) is 5.11 Å². The number of aliphatic imine (C=N–C) groups is 1. The summed E-state index contributed by atoms with van der Waals surface area (Å²) in [5.74, 6) is 0.436. The first-order valence-corrected chi connectivity index (χ1v) is 4.58. The zero-order valence-corrected chi connectivity index (χ0v) is 8.25. The van der Waals surface area contributed by atoms with E-state index in [1.807, 2.05) is 13.0 Å². The van der Waals surface area contributed by atoms with Gasteiger partial charge < -0.3 is 5.11 Å². The Hall–Kier alpha value is -0.630. The van der Waals surface area contributed by atoms with Crippen LogP contribution in [0.5, 0.6) is 0 Å². The van der Waals surface area contributed by atoms with E-state index >= 15 is 0 Å². The van der Waals surface area contributed by atoms with Gasteiger partial charge in [-0.25, -0.2) is 0 Å². The third-order valence-electron chi connectivity index (χ3n) is 2.01. The molecule has 0 aliphatic heterocycles. The van der Waals surface area contributed by atoms with Crippen molar-refractivity contribution < 1.29 is 5.11 Å². The molecular weight excluding hydrogens is 150 g/mol. The van der Waals surface area contributed by atoms with Crippen molar-refractivity contribution in [2.24, 2.45) is 10.9 Å². The molecule has 0 fully saturated rings. The molecule has 0 aliphatic carbocycles. The van der Waals surface area contributed by atoms with Gasteiger partial charge in [0.25, 0.3) is 0 Å². The van der Waals surface area contributed by atoms with E-state index in [1.54, 1.807) is 6.20 Å². The predicted octanol–water partition coefficient (Wildman–Crippen LogP) is 2.39. The molecule has 2 nitrogen and oxygen atoms in total. The molecular formula is C10H19NO. The van der Waals surface area contributed by atoms with Crippen molar-refractivity contribution in [2.45, 2.75) is 33.6 Å². The summed E-state index contributed by atoms with van der Waals surface area (Å²) in [6.07, 6.45) is 5.71. The average Bonchev–Trinajstić information content (AvgIpc) is 2.12. The van der Waals surface area contributed by atoms with Crippen LogP contribution in [0, 0.1) is 5.92 Å². The lowest BCUT2D eigenvalue weighted by molar-refractivity contribution is 0.348. The van der Waals surface area contributed by atoms with Crippen LogP contribution in [0.1, 0.15) is 33.6 Å². The number of hydrogen-bond acceptors (Lipinski definition) is 2. The number of aliphatic hydroxyl groups excluding tert-OH is 1. The van der Waals surface area contributed by atoms with Crippen molar-refractivity contribution in [1.82, 2.24) is 0 Å². The molecule has 0 rings (SSSR count). The largest absolute Gasteiger partial charge is 0.390 e.